The van der Waals surface area contributed by atoms with Crippen LogP contribution in [0.4, 0.5) is 5.13 Å². The van der Waals surface area contributed by atoms with Gasteiger partial charge in [-0.3, -0.25) is 4.79 Å². The largest absolute Gasteiger partial charge is 0.375 e. The van der Waals surface area contributed by atoms with Crippen molar-refractivity contribution >= 4 is 43.9 Å². The zero-order valence-electron chi connectivity index (χ0n) is 14.5. The number of anilines is 1. The van der Waals surface area contributed by atoms with E-state index in [4.69, 9.17) is 10.7 Å². The van der Waals surface area contributed by atoms with E-state index < -0.39 is 0 Å². The number of thiazole rings is 2. The molecule has 0 aliphatic heterocycles. The molecule has 26 heavy (non-hydrogen) atoms. The maximum atomic E-state index is 12.2. The van der Waals surface area contributed by atoms with Crippen molar-refractivity contribution in [3.05, 3.63) is 39.8 Å². The van der Waals surface area contributed by atoms with Crippen molar-refractivity contribution in [2.24, 2.45) is 5.41 Å². The lowest BCUT2D eigenvalue weighted by molar-refractivity contribution is -0.0187. The van der Waals surface area contributed by atoms with E-state index in [1.54, 1.807) is 5.38 Å². The molecule has 1 amide bonds. The summed E-state index contributed by atoms with van der Waals surface area (Å²) in [4.78, 5) is 21.1. The molecule has 0 unspecified atom stereocenters. The summed E-state index contributed by atoms with van der Waals surface area (Å²) in [6, 6.07) is 6.77. The van der Waals surface area contributed by atoms with E-state index in [0.717, 1.165) is 18.4 Å². The molecule has 1 aromatic carbocycles. The summed E-state index contributed by atoms with van der Waals surface area (Å²) < 4.78 is 1.29. The predicted octanol–water partition coefficient (Wildman–Crippen LogP) is 4.10. The molecular formula is C19H20N4OS2. The van der Waals surface area contributed by atoms with Crippen LogP contribution in [0.1, 0.15) is 52.7 Å². The quantitative estimate of drug-likeness (QED) is 0.712. The van der Waals surface area contributed by atoms with Crippen molar-refractivity contribution in [1.82, 2.24) is 15.3 Å². The van der Waals surface area contributed by atoms with E-state index in [1.807, 2.05) is 11.3 Å². The second-order valence-corrected chi connectivity index (χ2v) is 9.73. The van der Waals surface area contributed by atoms with E-state index in [2.05, 4.69) is 35.4 Å². The average molecular weight is 385 g/mol. The van der Waals surface area contributed by atoms with Crippen LogP contribution in [-0.2, 0) is 0 Å². The highest BCUT2D eigenvalue weighted by molar-refractivity contribution is 7.18. The maximum absolute atomic E-state index is 12.2. The van der Waals surface area contributed by atoms with Gasteiger partial charge in [-0.05, 0) is 55.7 Å². The number of nitrogen functional groups attached to an aromatic ring is 1. The lowest BCUT2D eigenvalue weighted by Crippen LogP contribution is -2.55. The summed E-state index contributed by atoms with van der Waals surface area (Å²) in [5, 5.41) is 6.52. The Morgan fingerprint density at radius 2 is 2.08 bits per heavy atom. The van der Waals surface area contributed by atoms with Crippen LogP contribution in [0.15, 0.2) is 23.6 Å². The van der Waals surface area contributed by atoms with E-state index in [-0.39, 0.29) is 11.9 Å². The molecule has 2 heterocycles. The molecule has 0 atom stereocenters. The molecule has 0 bridgehead atoms. The fourth-order valence-electron chi connectivity index (χ4n) is 4.46. The lowest BCUT2D eigenvalue weighted by atomic mass is 9.50. The summed E-state index contributed by atoms with van der Waals surface area (Å²) in [5.41, 5.74) is 8.84. The minimum Gasteiger partial charge on any atom is -0.375 e. The zero-order chi connectivity index (χ0) is 17.9. The maximum Gasteiger partial charge on any atom is 0.271 e. The van der Waals surface area contributed by atoms with Crippen LogP contribution < -0.4 is 11.1 Å². The van der Waals surface area contributed by atoms with Gasteiger partial charge < -0.3 is 11.1 Å². The van der Waals surface area contributed by atoms with Crippen molar-refractivity contribution in [3.63, 3.8) is 0 Å². The van der Waals surface area contributed by atoms with Gasteiger partial charge in [0, 0.05) is 17.3 Å². The van der Waals surface area contributed by atoms with Crippen LogP contribution in [0.5, 0.6) is 0 Å². The van der Waals surface area contributed by atoms with Crippen LogP contribution >= 0.6 is 22.7 Å². The Bertz CT molecular complexity index is 994. The van der Waals surface area contributed by atoms with Crippen LogP contribution in [0.2, 0.25) is 0 Å². The summed E-state index contributed by atoms with van der Waals surface area (Å²) in [6.07, 6.45) is 4.53. The number of hydrogen-bond donors (Lipinski definition) is 2. The average Bonchev–Trinajstić information content (AvgIpc) is 3.13. The molecule has 2 aliphatic rings. The molecule has 5 rings (SSSR count). The van der Waals surface area contributed by atoms with E-state index in [1.165, 1.54) is 39.4 Å². The van der Waals surface area contributed by atoms with Gasteiger partial charge in [-0.1, -0.05) is 6.07 Å². The van der Waals surface area contributed by atoms with Gasteiger partial charge in [-0.2, -0.15) is 0 Å². The third-order valence-corrected chi connectivity index (χ3v) is 7.59. The van der Waals surface area contributed by atoms with E-state index >= 15 is 0 Å². The predicted molar refractivity (Wildman–Crippen MR) is 106 cm³/mol. The third kappa shape index (κ3) is 2.70. The normalized spacial score (nSPS) is 27.3. The number of fused-ring (bicyclic) bond motifs is 1. The molecular weight excluding hydrogens is 364 g/mol. The number of nitrogens with zero attached hydrogens (tertiary/aromatic N) is 2. The molecule has 134 valence electrons. The summed E-state index contributed by atoms with van der Waals surface area (Å²) in [5.74, 6) is 0.484. The Labute approximate surface area is 159 Å². The van der Waals surface area contributed by atoms with Crippen molar-refractivity contribution < 1.29 is 4.79 Å². The number of amides is 1. The van der Waals surface area contributed by atoms with E-state index in [9.17, 15) is 4.79 Å². The standard InChI is InChI=1S/C19H20N4OS2/c1-10-2-3-15-13(4-10)22-17(26-15)11-5-19(6-11)7-12(8-19)21-16(24)14-9-25-18(20)23-14/h2-4,9,11-12H,5-8H2,1H3,(H2,20,23)(H,21,24). The molecule has 0 radical (unpaired) electrons. The summed E-state index contributed by atoms with van der Waals surface area (Å²) >= 11 is 3.14. The van der Waals surface area contributed by atoms with Gasteiger partial charge in [0.25, 0.3) is 5.91 Å². The van der Waals surface area contributed by atoms with Gasteiger partial charge in [0.15, 0.2) is 5.13 Å². The van der Waals surface area contributed by atoms with Crippen LogP contribution in [0.3, 0.4) is 0 Å². The van der Waals surface area contributed by atoms with Crippen molar-refractivity contribution in [2.75, 3.05) is 5.73 Å². The smallest absolute Gasteiger partial charge is 0.271 e. The Hall–Kier alpha value is -1.99. The Morgan fingerprint density at radius 3 is 2.81 bits per heavy atom. The summed E-state index contributed by atoms with van der Waals surface area (Å²) in [7, 11) is 0. The monoisotopic (exact) mass is 384 g/mol. The third-order valence-electron chi connectivity index (χ3n) is 5.72. The highest BCUT2D eigenvalue weighted by atomic mass is 32.1. The molecule has 2 aromatic heterocycles. The fourth-order valence-corrected chi connectivity index (χ4v) is 6.05. The second-order valence-electron chi connectivity index (χ2n) is 7.78. The van der Waals surface area contributed by atoms with Gasteiger partial charge in [-0.15, -0.1) is 22.7 Å². The first-order valence-electron chi connectivity index (χ1n) is 8.89. The molecule has 2 fully saturated rings. The topological polar surface area (TPSA) is 80.9 Å². The van der Waals surface area contributed by atoms with Gasteiger partial charge in [0.05, 0.1) is 15.2 Å². The number of hydrogen-bond acceptors (Lipinski definition) is 6. The minimum absolute atomic E-state index is 0.102. The van der Waals surface area contributed by atoms with Crippen molar-refractivity contribution in [1.29, 1.82) is 0 Å². The first kappa shape index (κ1) is 16.2. The Morgan fingerprint density at radius 1 is 1.27 bits per heavy atom. The molecule has 2 saturated carbocycles. The first-order chi connectivity index (χ1) is 12.5. The van der Waals surface area contributed by atoms with Crippen molar-refractivity contribution in [3.8, 4) is 0 Å². The number of carbonyl (C=O) groups excluding carboxylic acids is 1. The van der Waals surface area contributed by atoms with Gasteiger partial charge >= 0.3 is 0 Å². The van der Waals surface area contributed by atoms with Gasteiger partial charge in [0.1, 0.15) is 5.69 Å². The number of benzene rings is 1. The summed E-state index contributed by atoms with van der Waals surface area (Å²) in [6.45, 7) is 2.11. The van der Waals surface area contributed by atoms with Crippen LogP contribution in [0.25, 0.3) is 10.2 Å². The van der Waals surface area contributed by atoms with Gasteiger partial charge in [0.2, 0.25) is 0 Å². The molecule has 1 spiro atoms. The first-order valence-corrected chi connectivity index (χ1v) is 10.6. The number of nitrogens with two attached hydrogens (primary N) is 1. The fraction of sp³-hybridized carbons (Fsp3) is 0.421. The molecule has 0 saturated heterocycles. The van der Waals surface area contributed by atoms with Crippen LogP contribution in [0, 0.1) is 12.3 Å². The number of nitrogens with one attached hydrogen (secondary N) is 1. The van der Waals surface area contributed by atoms with E-state index in [0.29, 0.717) is 22.2 Å². The zero-order valence-corrected chi connectivity index (χ0v) is 16.1. The molecule has 3 aromatic rings. The Kier molecular flexibility index (Phi) is 3.59. The molecule has 3 N–H and O–H groups in total. The molecule has 2 aliphatic carbocycles. The minimum atomic E-state index is -0.102. The van der Waals surface area contributed by atoms with Gasteiger partial charge in [-0.25, -0.2) is 9.97 Å². The van der Waals surface area contributed by atoms with Crippen LogP contribution in [-0.4, -0.2) is 21.9 Å². The highest BCUT2D eigenvalue weighted by Crippen LogP contribution is 2.62. The number of aromatic nitrogens is 2. The number of aryl methyl sites for hydroxylation is 1. The highest BCUT2D eigenvalue weighted by Gasteiger charge is 2.54. The second kappa shape index (κ2) is 5.76. The number of rotatable bonds is 3. The van der Waals surface area contributed by atoms with Crippen molar-refractivity contribution in [2.45, 2.75) is 44.6 Å². The Balaban J connectivity index is 1.18. The lowest BCUT2D eigenvalue weighted by Gasteiger charge is -2.57. The SMILES string of the molecule is Cc1ccc2sc(C3CC4(CC(NC(=O)c5csc(N)n5)C4)C3)nc2c1. The number of carbonyl (C=O) groups is 1. The molecule has 5 nitrogen and oxygen atoms in total. The molecule has 7 heteroatoms.